The average molecular weight is 556 g/mol. The number of halogens is 1. The van der Waals surface area contributed by atoms with Crippen molar-refractivity contribution >= 4 is 11.8 Å². The van der Waals surface area contributed by atoms with E-state index in [0.717, 1.165) is 41.4 Å². The lowest BCUT2D eigenvalue weighted by atomic mass is 10.0. The molecule has 3 aromatic rings. The van der Waals surface area contributed by atoms with Gasteiger partial charge in [0.15, 0.2) is 11.6 Å². The van der Waals surface area contributed by atoms with Gasteiger partial charge in [-0.25, -0.2) is 19.1 Å². The predicted molar refractivity (Wildman–Crippen MR) is 148 cm³/mol. The first-order chi connectivity index (χ1) is 18.8. The molecule has 0 spiro atoms. The Hall–Kier alpha value is -3.54. The number of pyridine rings is 1. The molecule has 40 heavy (non-hydrogen) atoms. The summed E-state index contributed by atoms with van der Waals surface area (Å²) in [6, 6.07) is 5.85. The average Bonchev–Trinajstić information content (AvgIpc) is 3.67. The van der Waals surface area contributed by atoms with Crippen LogP contribution in [-0.2, 0) is 23.1 Å². The van der Waals surface area contributed by atoms with Crippen LogP contribution in [-0.4, -0.2) is 55.9 Å². The molecule has 1 saturated carbocycles. The quantitative estimate of drug-likeness (QED) is 0.275. The number of aromatic nitrogens is 3. The van der Waals surface area contributed by atoms with Crippen molar-refractivity contribution < 1.29 is 28.5 Å². The second-order valence-electron chi connectivity index (χ2n) is 11.1. The Balaban J connectivity index is 1.66. The van der Waals surface area contributed by atoms with Crippen molar-refractivity contribution in [1.82, 2.24) is 19.7 Å². The number of aliphatic hydroxyl groups is 1. The topological polar surface area (TPSA) is 125 Å². The minimum Gasteiger partial charge on any atom is -0.482 e. The highest BCUT2D eigenvalue weighted by atomic mass is 19.1. The van der Waals surface area contributed by atoms with Gasteiger partial charge in [-0.1, -0.05) is 6.07 Å². The predicted octanol–water partition coefficient (Wildman–Crippen LogP) is 4.49. The van der Waals surface area contributed by atoms with Crippen LogP contribution in [0, 0.1) is 12.7 Å². The van der Waals surface area contributed by atoms with Gasteiger partial charge < -0.3 is 25.1 Å². The first kappa shape index (κ1) is 29.4. The molecule has 4 rings (SSSR count). The van der Waals surface area contributed by atoms with Crippen molar-refractivity contribution in [2.45, 2.75) is 78.2 Å². The van der Waals surface area contributed by atoms with E-state index >= 15 is 0 Å². The number of hydrogen-bond acceptors (Lipinski definition) is 9. The zero-order valence-corrected chi connectivity index (χ0v) is 24.1. The Labute approximate surface area is 233 Å². The summed E-state index contributed by atoms with van der Waals surface area (Å²) < 4.78 is 32.5. The maximum Gasteiger partial charge on any atom is 0.338 e. The molecular formula is C29H38FN5O5. The third kappa shape index (κ3) is 6.60. The second kappa shape index (κ2) is 11.5. The number of aliphatic hydroxyl groups excluding tert-OH is 1. The minimum atomic E-state index is -1.07. The molecular weight excluding hydrogens is 517 g/mol. The second-order valence-corrected chi connectivity index (χ2v) is 11.1. The fourth-order valence-electron chi connectivity index (χ4n) is 4.72. The van der Waals surface area contributed by atoms with Gasteiger partial charge in [-0.05, 0) is 65.7 Å². The fraction of sp³-hybridized carbons (Fsp3) is 0.483. The van der Waals surface area contributed by atoms with Gasteiger partial charge in [0.05, 0.1) is 29.7 Å². The summed E-state index contributed by atoms with van der Waals surface area (Å²) in [6.45, 7) is 9.76. The highest BCUT2D eigenvalue weighted by molar-refractivity contribution is 5.91. The van der Waals surface area contributed by atoms with Gasteiger partial charge >= 0.3 is 5.97 Å². The van der Waals surface area contributed by atoms with E-state index < -0.39 is 29.9 Å². The van der Waals surface area contributed by atoms with Crippen LogP contribution in [0.15, 0.2) is 30.5 Å². The monoisotopic (exact) mass is 555 g/mol. The number of hydrogen-bond donors (Lipinski definition) is 2. The van der Waals surface area contributed by atoms with E-state index in [1.165, 1.54) is 19.2 Å². The van der Waals surface area contributed by atoms with Crippen LogP contribution < -0.4 is 10.5 Å². The lowest BCUT2D eigenvalue weighted by Crippen LogP contribution is -2.43. The van der Waals surface area contributed by atoms with Gasteiger partial charge in [0, 0.05) is 42.5 Å². The van der Waals surface area contributed by atoms with Crippen molar-refractivity contribution in [2.75, 3.05) is 12.8 Å². The minimum absolute atomic E-state index is 0.0688. The number of ether oxygens (including phenoxy) is 3. The number of carbonyl (C=O) groups excluding carboxylic acids is 1. The Morgan fingerprint density at radius 2 is 2.00 bits per heavy atom. The molecule has 1 fully saturated rings. The van der Waals surface area contributed by atoms with Crippen molar-refractivity contribution in [1.29, 1.82) is 0 Å². The molecule has 2 heterocycles. The summed E-state index contributed by atoms with van der Waals surface area (Å²) in [4.78, 5) is 18.6. The first-order valence-electron chi connectivity index (χ1n) is 13.2. The summed E-state index contributed by atoms with van der Waals surface area (Å²) in [5, 5.41) is 15.6. The summed E-state index contributed by atoms with van der Waals surface area (Å²) in [7, 11) is 3.10. The Morgan fingerprint density at radius 1 is 1.30 bits per heavy atom. The Kier molecular flexibility index (Phi) is 8.48. The van der Waals surface area contributed by atoms with Crippen LogP contribution in [0.4, 0.5) is 10.2 Å². The van der Waals surface area contributed by atoms with E-state index in [4.69, 9.17) is 19.9 Å². The third-order valence-electron chi connectivity index (χ3n) is 6.76. The number of nitrogens with two attached hydrogens (primary N) is 1. The normalized spacial score (nSPS) is 15.2. The molecule has 0 radical (unpaired) electrons. The molecule has 0 amide bonds. The number of methoxy groups -OCH3 is 1. The van der Waals surface area contributed by atoms with Crippen molar-refractivity contribution in [3.8, 4) is 16.9 Å². The van der Waals surface area contributed by atoms with Crippen molar-refractivity contribution in [3.05, 3.63) is 58.8 Å². The highest BCUT2D eigenvalue weighted by Crippen LogP contribution is 2.37. The number of nitrogens with zero attached hydrogens (tertiary/aromatic N) is 4. The maximum absolute atomic E-state index is 13.9. The number of aryl methyl sites for hydroxylation is 2. The molecule has 2 unspecified atom stereocenters. The number of esters is 1. The standard InChI is InChI=1S/C29H38FN5O5/c1-16-25(23(34(6)33-16)15-35(20-9-10-20)28(37)40-29(3,4)5)18-12-24(26(31)32-14-18)39-17(2)21-11-8-19(30)13-22(21)27(36)38-7/h8,11-14,17,20,28,37H,9-10,15H2,1-7H3,(H2,31,32). The van der Waals surface area contributed by atoms with Crippen LogP contribution in [0.1, 0.15) is 73.9 Å². The smallest absolute Gasteiger partial charge is 0.338 e. The van der Waals surface area contributed by atoms with E-state index in [1.807, 2.05) is 39.6 Å². The number of benzene rings is 1. The van der Waals surface area contributed by atoms with Crippen LogP contribution in [0.2, 0.25) is 0 Å². The van der Waals surface area contributed by atoms with Crippen molar-refractivity contribution in [2.24, 2.45) is 7.05 Å². The molecule has 1 aliphatic rings. The van der Waals surface area contributed by atoms with Gasteiger partial charge in [0.2, 0.25) is 6.41 Å². The summed E-state index contributed by atoms with van der Waals surface area (Å²) in [6.07, 6.45) is 1.87. The van der Waals surface area contributed by atoms with E-state index in [9.17, 15) is 14.3 Å². The molecule has 0 aliphatic heterocycles. The number of rotatable bonds is 10. The molecule has 1 aromatic carbocycles. The zero-order chi connectivity index (χ0) is 29.4. The molecule has 3 N–H and O–H groups in total. The number of carbonyl (C=O) groups is 1. The van der Waals surface area contributed by atoms with E-state index in [1.54, 1.807) is 23.9 Å². The van der Waals surface area contributed by atoms with Gasteiger partial charge in [0.1, 0.15) is 11.9 Å². The van der Waals surface area contributed by atoms with Crippen LogP contribution in [0.25, 0.3) is 11.1 Å². The summed E-state index contributed by atoms with van der Waals surface area (Å²) in [5.41, 5.74) is 9.41. The molecule has 11 heteroatoms. The number of nitrogen functional groups attached to an aromatic ring is 1. The lowest BCUT2D eigenvalue weighted by molar-refractivity contribution is -0.244. The molecule has 0 bridgehead atoms. The molecule has 216 valence electrons. The largest absolute Gasteiger partial charge is 0.482 e. The van der Waals surface area contributed by atoms with Gasteiger partial charge in [-0.15, -0.1) is 0 Å². The first-order valence-corrected chi connectivity index (χ1v) is 13.2. The molecule has 2 atom stereocenters. The van der Waals surface area contributed by atoms with Crippen LogP contribution in [0.3, 0.4) is 0 Å². The molecule has 0 saturated heterocycles. The third-order valence-corrected chi connectivity index (χ3v) is 6.76. The van der Waals surface area contributed by atoms with E-state index in [0.29, 0.717) is 17.9 Å². The summed E-state index contributed by atoms with van der Waals surface area (Å²) >= 11 is 0. The zero-order valence-electron chi connectivity index (χ0n) is 24.1. The molecule has 2 aromatic heterocycles. The van der Waals surface area contributed by atoms with E-state index in [-0.39, 0.29) is 17.4 Å². The van der Waals surface area contributed by atoms with Crippen LogP contribution in [0.5, 0.6) is 5.75 Å². The Bertz CT molecular complexity index is 1380. The Morgan fingerprint density at radius 3 is 2.62 bits per heavy atom. The SMILES string of the molecule is COC(=O)c1cc(F)ccc1C(C)Oc1cc(-c2c(C)nn(C)c2CN(C2CC2)C(O)OC(C)(C)C)cnc1N. The molecule has 10 nitrogen and oxygen atoms in total. The molecule has 1 aliphatic carbocycles. The lowest BCUT2D eigenvalue weighted by Gasteiger charge is -2.32. The van der Waals surface area contributed by atoms with Crippen LogP contribution >= 0.6 is 0 Å². The van der Waals surface area contributed by atoms with Gasteiger partial charge in [-0.3, -0.25) is 4.68 Å². The fourth-order valence-corrected chi connectivity index (χ4v) is 4.72. The van der Waals surface area contributed by atoms with Crippen molar-refractivity contribution in [3.63, 3.8) is 0 Å². The summed E-state index contributed by atoms with van der Waals surface area (Å²) in [5.74, 6) is -0.765. The van der Waals surface area contributed by atoms with Gasteiger partial charge in [-0.2, -0.15) is 5.10 Å². The number of anilines is 1. The maximum atomic E-state index is 13.9. The van der Waals surface area contributed by atoms with Gasteiger partial charge in [0.25, 0.3) is 0 Å². The highest BCUT2D eigenvalue weighted by Gasteiger charge is 2.37. The van der Waals surface area contributed by atoms with E-state index in [2.05, 4.69) is 10.1 Å².